The monoisotopic (exact) mass is 427 g/mol. The Labute approximate surface area is 181 Å². The molecule has 2 aromatic rings. The van der Waals surface area contributed by atoms with Crippen LogP contribution in [-0.2, 0) is 22.9 Å². The number of hydrogen-bond acceptors (Lipinski definition) is 4. The molecule has 2 aliphatic rings. The Morgan fingerprint density at radius 2 is 1.77 bits per heavy atom. The molecule has 162 valence electrons. The lowest BCUT2D eigenvalue weighted by atomic mass is 10.1. The normalized spacial score (nSPS) is 18.4. The summed E-state index contributed by atoms with van der Waals surface area (Å²) in [7, 11) is -3.46. The Hall–Kier alpha value is -1.89. The van der Waals surface area contributed by atoms with Crippen LogP contribution in [0.15, 0.2) is 47.4 Å². The molecule has 5 nitrogen and oxygen atoms in total. The summed E-state index contributed by atoms with van der Waals surface area (Å²) < 4.78 is 28.5. The van der Waals surface area contributed by atoms with E-state index in [0.717, 1.165) is 58.4 Å². The quantitative estimate of drug-likeness (QED) is 0.736. The van der Waals surface area contributed by atoms with Crippen molar-refractivity contribution in [2.75, 3.05) is 37.6 Å². The average Bonchev–Trinajstić information content (AvgIpc) is 3.20. The van der Waals surface area contributed by atoms with Crippen molar-refractivity contribution >= 4 is 15.7 Å². The van der Waals surface area contributed by atoms with Gasteiger partial charge in [-0.1, -0.05) is 18.2 Å². The predicted octanol–water partition coefficient (Wildman–Crippen LogP) is 3.36. The molecule has 1 fully saturated rings. The number of sulfonamides is 1. The minimum atomic E-state index is -3.46. The minimum absolute atomic E-state index is 0.0851. The van der Waals surface area contributed by atoms with Crippen molar-refractivity contribution in [1.29, 1.82) is 0 Å². The summed E-state index contributed by atoms with van der Waals surface area (Å²) in [5.74, 6) is 0. The van der Waals surface area contributed by atoms with Crippen LogP contribution < -0.4 is 9.62 Å². The molecule has 0 bridgehead atoms. The van der Waals surface area contributed by atoms with Crippen molar-refractivity contribution in [1.82, 2.24) is 9.62 Å². The largest absolute Gasteiger partial charge is 0.369 e. The Morgan fingerprint density at radius 3 is 2.53 bits per heavy atom. The van der Waals surface area contributed by atoms with E-state index in [1.54, 1.807) is 6.07 Å². The highest BCUT2D eigenvalue weighted by molar-refractivity contribution is 7.89. The van der Waals surface area contributed by atoms with Gasteiger partial charge in [0.25, 0.3) is 0 Å². The van der Waals surface area contributed by atoms with Crippen LogP contribution in [0.1, 0.15) is 36.5 Å². The maximum atomic E-state index is 12.8. The lowest BCUT2D eigenvalue weighted by molar-refractivity contribution is 0.248. The first-order chi connectivity index (χ1) is 14.4. The van der Waals surface area contributed by atoms with E-state index in [-0.39, 0.29) is 6.04 Å². The van der Waals surface area contributed by atoms with Crippen molar-refractivity contribution in [3.8, 4) is 0 Å². The van der Waals surface area contributed by atoms with Crippen LogP contribution in [-0.4, -0.2) is 52.1 Å². The molecule has 0 saturated carbocycles. The number of rotatable bonds is 7. The lowest BCUT2D eigenvalue weighted by Gasteiger charge is -2.36. The smallest absolute Gasteiger partial charge is 0.240 e. The van der Waals surface area contributed by atoms with E-state index >= 15 is 0 Å². The second-order valence-corrected chi connectivity index (χ2v) is 10.5. The molecule has 1 unspecified atom stereocenters. The summed E-state index contributed by atoms with van der Waals surface area (Å²) >= 11 is 0. The number of piperazine rings is 1. The molecule has 2 aromatic carbocycles. The summed E-state index contributed by atoms with van der Waals surface area (Å²) in [5, 5.41) is 0. The third-order valence-electron chi connectivity index (χ3n) is 6.35. The van der Waals surface area contributed by atoms with E-state index in [4.69, 9.17) is 0 Å². The van der Waals surface area contributed by atoms with Crippen LogP contribution in [0.25, 0.3) is 0 Å². The van der Waals surface area contributed by atoms with Crippen LogP contribution in [0.2, 0.25) is 0 Å². The standard InChI is InChI=1S/C24H33N3O2S/c1-19-5-3-8-23(17-19)27-15-13-26(14-16-27)12-11-20(2)25-30(28,29)24-10-9-21-6-4-7-22(21)18-24/h3,5,8-10,17-18,20,25H,4,6-7,11-16H2,1-2H3. The fourth-order valence-electron chi connectivity index (χ4n) is 4.54. The summed E-state index contributed by atoms with van der Waals surface area (Å²) in [6.07, 6.45) is 3.99. The average molecular weight is 428 g/mol. The summed E-state index contributed by atoms with van der Waals surface area (Å²) in [5.41, 5.74) is 5.08. The van der Waals surface area contributed by atoms with Gasteiger partial charge in [-0.15, -0.1) is 0 Å². The van der Waals surface area contributed by atoms with E-state index in [1.807, 2.05) is 19.1 Å². The first kappa shape index (κ1) is 21.3. The fraction of sp³-hybridized carbons (Fsp3) is 0.500. The van der Waals surface area contributed by atoms with Gasteiger partial charge in [-0.2, -0.15) is 0 Å². The number of anilines is 1. The second-order valence-electron chi connectivity index (χ2n) is 8.76. The van der Waals surface area contributed by atoms with Gasteiger partial charge in [-0.3, -0.25) is 4.90 Å². The molecule has 30 heavy (non-hydrogen) atoms. The lowest BCUT2D eigenvalue weighted by Crippen LogP contribution is -2.47. The summed E-state index contributed by atoms with van der Waals surface area (Å²) in [6, 6.07) is 14.2. The maximum absolute atomic E-state index is 12.8. The number of aryl methyl sites for hydroxylation is 3. The highest BCUT2D eigenvalue weighted by Gasteiger charge is 2.22. The van der Waals surface area contributed by atoms with E-state index in [0.29, 0.717) is 4.90 Å². The van der Waals surface area contributed by atoms with Crippen molar-refractivity contribution in [3.63, 3.8) is 0 Å². The van der Waals surface area contributed by atoms with Crippen LogP contribution in [0.3, 0.4) is 0 Å². The van der Waals surface area contributed by atoms with Gasteiger partial charge in [-0.25, -0.2) is 13.1 Å². The van der Waals surface area contributed by atoms with Crippen molar-refractivity contribution in [2.24, 2.45) is 0 Å². The number of nitrogens with zero attached hydrogens (tertiary/aromatic N) is 2. The van der Waals surface area contributed by atoms with E-state index in [9.17, 15) is 8.42 Å². The van der Waals surface area contributed by atoms with Crippen LogP contribution in [0.4, 0.5) is 5.69 Å². The minimum Gasteiger partial charge on any atom is -0.369 e. The fourth-order valence-corrected chi connectivity index (χ4v) is 5.87. The third kappa shape index (κ3) is 5.05. The number of benzene rings is 2. The molecule has 1 aliphatic heterocycles. The van der Waals surface area contributed by atoms with Gasteiger partial charge < -0.3 is 4.90 Å². The van der Waals surface area contributed by atoms with Gasteiger partial charge in [-0.05, 0) is 87.0 Å². The Balaban J connectivity index is 1.25. The predicted molar refractivity (Wildman–Crippen MR) is 123 cm³/mol. The summed E-state index contributed by atoms with van der Waals surface area (Å²) in [4.78, 5) is 5.28. The zero-order valence-electron chi connectivity index (χ0n) is 18.1. The zero-order valence-corrected chi connectivity index (χ0v) is 18.9. The molecular formula is C24H33N3O2S. The molecule has 1 saturated heterocycles. The molecule has 1 N–H and O–H groups in total. The summed E-state index contributed by atoms with van der Waals surface area (Å²) in [6.45, 7) is 9.06. The Kier molecular flexibility index (Phi) is 6.46. The molecule has 1 heterocycles. The van der Waals surface area contributed by atoms with Crippen molar-refractivity contribution in [2.45, 2.75) is 50.5 Å². The highest BCUT2D eigenvalue weighted by Crippen LogP contribution is 2.25. The topological polar surface area (TPSA) is 52.6 Å². The molecule has 0 radical (unpaired) electrons. The first-order valence-corrected chi connectivity index (χ1v) is 12.6. The van der Waals surface area contributed by atoms with E-state index < -0.39 is 10.0 Å². The second kappa shape index (κ2) is 9.08. The molecular weight excluding hydrogens is 394 g/mol. The Bertz CT molecular complexity index is 982. The van der Waals surface area contributed by atoms with Gasteiger partial charge in [0, 0.05) is 37.9 Å². The van der Waals surface area contributed by atoms with Crippen LogP contribution in [0.5, 0.6) is 0 Å². The maximum Gasteiger partial charge on any atom is 0.240 e. The van der Waals surface area contributed by atoms with E-state index in [2.05, 4.69) is 45.7 Å². The Morgan fingerprint density at radius 1 is 1.00 bits per heavy atom. The zero-order chi connectivity index (χ0) is 21.1. The highest BCUT2D eigenvalue weighted by atomic mass is 32.2. The number of nitrogens with one attached hydrogen (secondary N) is 1. The molecule has 6 heteroatoms. The van der Waals surface area contributed by atoms with Gasteiger partial charge >= 0.3 is 0 Å². The first-order valence-electron chi connectivity index (χ1n) is 11.1. The van der Waals surface area contributed by atoms with Crippen molar-refractivity contribution < 1.29 is 8.42 Å². The molecule has 1 atom stereocenters. The van der Waals surface area contributed by atoms with Gasteiger partial charge in [0.1, 0.15) is 0 Å². The number of hydrogen-bond donors (Lipinski definition) is 1. The third-order valence-corrected chi connectivity index (χ3v) is 7.94. The van der Waals surface area contributed by atoms with Crippen molar-refractivity contribution in [3.05, 3.63) is 59.2 Å². The van der Waals surface area contributed by atoms with Crippen LogP contribution in [0, 0.1) is 6.92 Å². The molecule has 0 amide bonds. The van der Waals surface area contributed by atoms with Crippen LogP contribution >= 0.6 is 0 Å². The molecule has 0 aromatic heterocycles. The van der Waals surface area contributed by atoms with Gasteiger partial charge in [0.05, 0.1) is 4.90 Å². The molecule has 0 spiro atoms. The molecule has 4 rings (SSSR count). The molecule has 1 aliphatic carbocycles. The SMILES string of the molecule is Cc1cccc(N2CCN(CCC(C)NS(=O)(=O)c3ccc4c(c3)CCC4)CC2)c1. The number of fused-ring (bicyclic) bond motifs is 1. The van der Waals surface area contributed by atoms with E-state index in [1.165, 1.54) is 22.4 Å². The van der Waals surface area contributed by atoms with Gasteiger partial charge in [0.15, 0.2) is 0 Å². The van der Waals surface area contributed by atoms with Gasteiger partial charge in [0.2, 0.25) is 10.0 Å².